The van der Waals surface area contributed by atoms with Crippen LogP contribution >= 0.6 is 23.4 Å². The molecule has 3 rings (SSSR count). The molecule has 3 aromatic heterocycles. The predicted octanol–water partition coefficient (Wildman–Crippen LogP) is 1.74. The second kappa shape index (κ2) is 4.78. The van der Waals surface area contributed by atoms with Crippen LogP contribution in [0.25, 0.3) is 11.0 Å². The van der Waals surface area contributed by atoms with Crippen molar-refractivity contribution in [1.29, 1.82) is 0 Å². The molecule has 3 aromatic rings. The summed E-state index contributed by atoms with van der Waals surface area (Å²) in [5.74, 6) is 1.97. The van der Waals surface area contributed by atoms with Crippen LogP contribution in [0.2, 0.25) is 5.15 Å². The monoisotopic (exact) mass is 295 g/mol. The highest BCUT2D eigenvalue weighted by Crippen LogP contribution is 2.22. The van der Waals surface area contributed by atoms with E-state index in [4.69, 9.17) is 11.6 Å². The molecule has 0 aromatic carbocycles. The summed E-state index contributed by atoms with van der Waals surface area (Å²) in [7, 11) is 1.82. The molecular weight excluding hydrogens is 286 g/mol. The van der Waals surface area contributed by atoms with E-state index in [0.717, 1.165) is 16.9 Å². The van der Waals surface area contributed by atoms with E-state index in [1.54, 1.807) is 10.9 Å². The number of hydrogen-bond acceptors (Lipinski definition) is 6. The molecule has 0 aliphatic heterocycles. The van der Waals surface area contributed by atoms with Gasteiger partial charge in [-0.05, 0) is 6.92 Å². The van der Waals surface area contributed by atoms with Gasteiger partial charge in [0.1, 0.15) is 16.8 Å². The van der Waals surface area contributed by atoms with Crippen molar-refractivity contribution in [2.45, 2.75) is 17.8 Å². The van der Waals surface area contributed by atoms with Crippen molar-refractivity contribution < 1.29 is 0 Å². The number of nitrogens with one attached hydrogen (secondary N) is 1. The van der Waals surface area contributed by atoms with Crippen molar-refractivity contribution in [2.75, 3.05) is 0 Å². The maximum absolute atomic E-state index is 6.11. The van der Waals surface area contributed by atoms with Crippen LogP contribution in [-0.4, -0.2) is 34.9 Å². The number of aromatic nitrogens is 7. The molecule has 0 fully saturated rings. The summed E-state index contributed by atoms with van der Waals surface area (Å²) >= 11 is 7.56. The van der Waals surface area contributed by atoms with Gasteiger partial charge in [0, 0.05) is 7.05 Å². The van der Waals surface area contributed by atoms with Gasteiger partial charge in [0.05, 0.1) is 17.3 Å². The Balaban J connectivity index is 1.86. The maximum Gasteiger partial charge on any atom is 0.208 e. The number of hydrogen-bond donors (Lipinski definition) is 1. The van der Waals surface area contributed by atoms with E-state index in [9.17, 15) is 0 Å². The zero-order valence-electron chi connectivity index (χ0n) is 10.3. The van der Waals surface area contributed by atoms with E-state index in [1.165, 1.54) is 11.8 Å². The molecule has 0 aliphatic carbocycles. The molecule has 0 atom stereocenters. The van der Waals surface area contributed by atoms with Gasteiger partial charge < -0.3 is 0 Å². The van der Waals surface area contributed by atoms with Gasteiger partial charge in [-0.3, -0.25) is 9.78 Å². The number of thioether (sulfide) groups is 1. The lowest BCUT2D eigenvalue weighted by Crippen LogP contribution is -1.98. The molecule has 0 saturated heterocycles. The van der Waals surface area contributed by atoms with Crippen molar-refractivity contribution in [3.05, 3.63) is 23.0 Å². The molecule has 7 nitrogen and oxygen atoms in total. The summed E-state index contributed by atoms with van der Waals surface area (Å²) in [5.41, 5.74) is 0.724. The van der Waals surface area contributed by atoms with Crippen LogP contribution in [0.4, 0.5) is 0 Å². The molecule has 1 N–H and O–H groups in total. The standard InChI is InChI=1S/C10H10ClN7S/c1-5-13-10(17-16-5)19-4-7-14-8(11)6-3-12-18(2)9(6)15-7/h3H,4H2,1-2H3,(H,13,16,17). The Labute approximate surface area is 117 Å². The highest BCUT2D eigenvalue weighted by molar-refractivity contribution is 7.98. The van der Waals surface area contributed by atoms with Gasteiger partial charge in [-0.15, -0.1) is 5.10 Å². The Kier molecular flexibility index (Phi) is 3.11. The van der Waals surface area contributed by atoms with Gasteiger partial charge in [0.2, 0.25) is 5.16 Å². The molecule has 0 spiro atoms. The second-order valence-corrected chi connectivity index (χ2v) is 5.23. The first-order valence-corrected chi connectivity index (χ1v) is 6.86. The van der Waals surface area contributed by atoms with Crippen molar-refractivity contribution >= 4 is 34.4 Å². The fourth-order valence-corrected chi connectivity index (χ4v) is 2.54. The minimum atomic E-state index is 0.417. The van der Waals surface area contributed by atoms with Crippen LogP contribution in [0.3, 0.4) is 0 Å². The predicted molar refractivity (Wildman–Crippen MR) is 72.0 cm³/mol. The molecule has 0 bridgehead atoms. The van der Waals surface area contributed by atoms with Gasteiger partial charge in [0.15, 0.2) is 5.65 Å². The van der Waals surface area contributed by atoms with Crippen LogP contribution in [-0.2, 0) is 12.8 Å². The van der Waals surface area contributed by atoms with E-state index < -0.39 is 0 Å². The molecule has 0 radical (unpaired) electrons. The van der Waals surface area contributed by atoms with Gasteiger partial charge in [-0.25, -0.2) is 15.0 Å². The summed E-state index contributed by atoms with van der Waals surface area (Å²) < 4.78 is 1.67. The summed E-state index contributed by atoms with van der Waals surface area (Å²) in [6.07, 6.45) is 1.66. The first-order chi connectivity index (χ1) is 9.13. The van der Waals surface area contributed by atoms with Gasteiger partial charge in [0.25, 0.3) is 0 Å². The Morgan fingerprint density at radius 3 is 2.95 bits per heavy atom. The Morgan fingerprint density at radius 2 is 2.21 bits per heavy atom. The molecule has 0 amide bonds. The van der Waals surface area contributed by atoms with Crippen LogP contribution in [0.15, 0.2) is 11.4 Å². The largest absolute Gasteiger partial charge is 0.262 e. The van der Waals surface area contributed by atoms with Crippen molar-refractivity contribution in [2.24, 2.45) is 7.05 Å². The lowest BCUT2D eigenvalue weighted by atomic mass is 10.4. The fraction of sp³-hybridized carbons (Fsp3) is 0.300. The van der Waals surface area contributed by atoms with E-state index >= 15 is 0 Å². The fourth-order valence-electron chi connectivity index (χ4n) is 1.61. The van der Waals surface area contributed by atoms with Crippen LogP contribution in [0.1, 0.15) is 11.6 Å². The van der Waals surface area contributed by atoms with Gasteiger partial charge >= 0.3 is 0 Å². The van der Waals surface area contributed by atoms with E-state index in [-0.39, 0.29) is 0 Å². The van der Waals surface area contributed by atoms with Gasteiger partial charge in [-0.2, -0.15) is 5.10 Å². The van der Waals surface area contributed by atoms with Crippen molar-refractivity contribution in [3.8, 4) is 0 Å². The Bertz CT molecular complexity index is 735. The van der Waals surface area contributed by atoms with E-state index in [0.29, 0.717) is 21.9 Å². The summed E-state index contributed by atoms with van der Waals surface area (Å²) in [6.45, 7) is 1.85. The summed E-state index contributed by atoms with van der Waals surface area (Å²) in [6, 6.07) is 0. The number of H-pyrrole nitrogens is 1. The number of rotatable bonds is 3. The van der Waals surface area contributed by atoms with E-state index in [2.05, 4.69) is 30.2 Å². The first kappa shape index (κ1) is 12.4. The van der Waals surface area contributed by atoms with Crippen LogP contribution in [0, 0.1) is 6.92 Å². The Morgan fingerprint density at radius 1 is 1.37 bits per heavy atom. The summed E-state index contributed by atoms with van der Waals surface area (Å²) in [4.78, 5) is 12.9. The molecule has 9 heteroatoms. The normalized spacial score (nSPS) is 11.3. The average Bonchev–Trinajstić information content (AvgIpc) is 2.95. The van der Waals surface area contributed by atoms with Gasteiger partial charge in [-0.1, -0.05) is 23.4 Å². The zero-order valence-corrected chi connectivity index (χ0v) is 11.8. The highest BCUT2D eigenvalue weighted by Gasteiger charge is 2.11. The number of aromatic amines is 1. The second-order valence-electron chi connectivity index (χ2n) is 3.93. The molecular formula is C10H10ClN7S. The minimum absolute atomic E-state index is 0.417. The lowest BCUT2D eigenvalue weighted by molar-refractivity contribution is 0.782. The van der Waals surface area contributed by atoms with Crippen LogP contribution in [0.5, 0.6) is 0 Å². The van der Waals surface area contributed by atoms with Crippen molar-refractivity contribution in [3.63, 3.8) is 0 Å². The van der Waals surface area contributed by atoms with Crippen LogP contribution < -0.4 is 0 Å². The summed E-state index contributed by atoms with van der Waals surface area (Å²) in [5, 5.41) is 12.8. The Hall–Kier alpha value is -1.67. The van der Waals surface area contributed by atoms with E-state index in [1.807, 2.05) is 14.0 Å². The third-order valence-corrected chi connectivity index (χ3v) is 3.63. The molecule has 0 saturated carbocycles. The maximum atomic E-state index is 6.11. The third kappa shape index (κ3) is 2.41. The molecule has 3 heterocycles. The highest BCUT2D eigenvalue weighted by atomic mass is 35.5. The molecule has 0 aliphatic rings. The topological polar surface area (TPSA) is 85.2 Å². The molecule has 19 heavy (non-hydrogen) atoms. The quantitative estimate of drug-likeness (QED) is 0.585. The number of halogens is 1. The molecule has 98 valence electrons. The van der Waals surface area contributed by atoms with Crippen molar-refractivity contribution in [1.82, 2.24) is 34.9 Å². The number of nitrogens with zero attached hydrogens (tertiary/aromatic N) is 6. The minimum Gasteiger partial charge on any atom is -0.262 e. The number of fused-ring (bicyclic) bond motifs is 1. The zero-order chi connectivity index (χ0) is 13.4. The smallest absolute Gasteiger partial charge is 0.208 e. The average molecular weight is 296 g/mol. The first-order valence-electron chi connectivity index (χ1n) is 5.49. The lowest BCUT2D eigenvalue weighted by Gasteiger charge is -2.00. The number of aryl methyl sites for hydroxylation is 2. The third-order valence-electron chi connectivity index (χ3n) is 2.50. The SMILES string of the molecule is Cc1nc(SCc2nc(Cl)c3cnn(C)c3n2)n[nH]1. The molecule has 0 unspecified atom stereocenters.